The predicted octanol–water partition coefficient (Wildman–Crippen LogP) is 3.53. The minimum absolute atomic E-state index is 0.359. The van der Waals surface area contributed by atoms with E-state index in [-0.39, 0.29) is 0 Å². The highest BCUT2D eigenvalue weighted by Crippen LogP contribution is 2.22. The van der Waals surface area contributed by atoms with Crippen LogP contribution in [0.4, 0.5) is 0 Å². The van der Waals surface area contributed by atoms with E-state index < -0.39 is 0 Å². The second-order valence-electron chi connectivity index (χ2n) is 6.73. The third-order valence-electron chi connectivity index (χ3n) is 4.53. The summed E-state index contributed by atoms with van der Waals surface area (Å²) in [4.78, 5) is 7.23. The smallest absolute Gasteiger partial charge is 0.0426 e. The van der Waals surface area contributed by atoms with Gasteiger partial charge < -0.3 is 10.2 Å². The van der Waals surface area contributed by atoms with E-state index in [1.165, 1.54) is 43.5 Å². The van der Waals surface area contributed by atoms with Crippen LogP contribution in [0.3, 0.4) is 0 Å². The summed E-state index contributed by atoms with van der Waals surface area (Å²) >= 11 is 0. The van der Waals surface area contributed by atoms with Crippen LogP contribution in [0.15, 0.2) is 6.07 Å². The first-order valence-corrected chi connectivity index (χ1v) is 8.40. The number of hydrogen-bond donors (Lipinski definition) is 1. The largest absolute Gasteiger partial charge is 0.306 e. The molecule has 0 aromatic carbocycles. The normalized spacial score (nSPS) is 19.5. The van der Waals surface area contributed by atoms with Crippen molar-refractivity contribution in [3.8, 4) is 0 Å². The van der Waals surface area contributed by atoms with Gasteiger partial charge in [0.2, 0.25) is 0 Å². The highest BCUT2D eigenvalue weighted by Gasteiger charge is 2.18. The Morgan fingerprint density at radius 2 is 1.81 bits per heavy atom. The molecule has 21 heavy (non-hydrogen) atoms. The first kappa shape index (κ1) is 16.4. The number of likely N-dealkylation sites (tertiary alicyclic amines) is 1. The van der Waals surface area contributed by atoms with E-state index >= 15 is 0 Å². The molecule has 3 nitrogen and oxygen atoms in total. The fourth-order valence-electron chi connectivity index (χ4n) is 3.78. The third kappa shape index (κ3) is 4.52. The molecule has 1 aromatic heterocycles. The maximum Gasteiger partial charge on any atom is 0.0426 e. The van der Waals surface area contributed by atoms with Gasteiger partial charge in [-0.3, -0.25) is 4.98 Å². The summed E-state index contributed by atoms with van der Waals surface area (Å²) in [5, 5.41) is 3.76. The SMILES string of the molecule is Cc1cc(C)c(C(C)NC(C)CN2CCCCC2)c(C)n1. The van der Waals surface area contributed by atoms with Crippen LogP contribution >= 0.6 is 0 Å². The Balaban J connectivity index is 1.95. The molecule has 1 aliphatic heterocycles. The van der Waals surface area contributed by atoms with Gasteiger partial charge in [-0.2, -0.15) is 0 Å². The van der Waals surface area contributed by atoms with Gasteiger partial charge in [0.05, 0.1) is 0 Å². The second kappa shape index (κ2) is 7.37. The molecule has 2 rings (SSSR count). The molecule has 1 fully saturated rings. The summed E-state index contributed by atoms with van der Waals surface area (Å²) in [7, 11) is 0. The number of nitrogens with zero attached hydrogens (tertiary/aromatic N) is 2. The van der Waals surface area contributed by atoms with Crippen molar-refractivity contribution in [2.75, 3.05) is 19.6 Å². The molecule has 0 bridgehead atoms. The molecule has 0 amide bonds. The molecule has 1 N–H and O–H groups in total. The maximum atomic E-state index is 4.63. The minimum atomic E-state index is 0.359. The third-order valence-corrected chi connectivity index (χ3v) is 4.53. The van der Waals surface area contributed by atoms with E-state index in [9.17, 15) is 0 Å². The number of pyridine rings is 1. The number of piperidine rings is 1. The molecule has 1 aromatic rings. The van der Waals surface area contributed by atoms with Crippen molar-refractivity contribution in [2.45, 2.75) is 66.0 Å². The second-order valence-corrected chi connectivity index (χ2v) is 6.73. The van der Waals surface area contributed by atoms with Gasteiger partial charge in [-0.25, -0.2) is 0 Å². The predicted molar refractivity (Wildman–Crippen MR) is 89.8 cm³/mol. The summed E-state index contributed by atoms with van der Waals surface area (Å²) in [6, 6.07) is 3.06. The van der Waals surface area contributed by atoms with Crippen molar-refractivity contribution in [1.82, 2.24) is 15.2 Å². The van der Waals surface area contributed by atoms with Crippen molar-refractivity contribution >= 4 is 0 Å². The molecule has 2 heterocycles. The molecule has 1 saturated heterocycles. The van der Waals surface area contributed by atoms with Crippen LogP contribution in [0.25, 0.3) is 0 Å². The van der Waals surface area contributed by atoms with Crippen LogP contribution in [0.1, 0.15) is 61.7 Å². The van der Waals surface area contributed by atoms with E-state index in [1.807, 2.05) is 0 Å². The topological polar surface area (TPSA) is 28.2 Å². The molecule has 1 aliphatic rings. The Kier molecular flexibility index (Phi) is 5.77. The Morgan fingerprint density at radius 1 is 1.14 bits per heavy atom. The average Bonchev–Trinajstić information content (AvgIpc) is 2.38. The molecular weight excluding hydrogens is 258 g/mol. The molecule has 118 valence electrons. The van der Waals surface area contributed by atoms with Crippen molar-refractivity contribution < 1.29 is 0 Å². The lowest BCUT2D eigenvalue weighted by Crippen LogP contribution is -2.42. The van der Waals surface area contributed by atoms with E-state index in [2.05, 4.69) is 55.9 Å². The van der Waals surface area contributed by atoms with Gasteiger partial charge >= 0.3 is 0 Å². The quantitative estimate of drug-likeness (QED) is 0.899. The van der Waals surface area contributed by atoms with E-state index in [0.717, 1.165) is 17.9 Å². The Bertz CT molecular complexity index is 441. The first-order valence-electron chi connectivity index (χ1n) is 8.40. The zero-order valence-electron chi connectivity index (χ0n) is 14.4. The molecule has 0 aliphatic carbocycles. The summed E-state index contributed by atoms with van der Waals surface area (Å²) in [6.07, 6.45) is 4.13. The fourth-order valence-corrected chi connectivity index (χ4v) is 3.78. The Labute approximate surface area is 130 Å². The van der Waals surface area contributed by atoms with E-state index in [1.54, 1.807) is 0 Å². The monoisotopic (exact) mass is 289 g/mol. The number of hydrogen-bond acceptors (Lipinski definition) is 3. The van der Waals surface area contributed by atoms with Crippen molar-refractivity contribution in [1.29, 1.82) is 0 Å². The number of rotatable bonds is 5. The molecule has 3 heteroatoms. The van der Waals surface area contributed by atoms with Crippen molar-refractivity contribution in [3.05, 3.63) is 28.6 Å². The standard InChI is InChI=1S/C18H31N3/c1-13-11-14(2)19-16(4)18(13)17(5)20-15(3)12-21-9-7-6-8-10-21/h11,15,17,20H,6-10,12H2,1-5H3. The van der Waals surface area contributed by atoms with Crippen molar-refractivity contribution in [3.63, 3.8) is 0 Å². The molecular formula is C18H31N3. The van der Waals surface area contributed by atoms with Gasteiger partial charge in [-0.1, -0.05) is 6.42 Å². The fraction of sp³-hybridized carbons (Fsp3) is 0.722. The molecule has 0 spiro atoms. The minimum Gasteiger partial charge on any atom is -0.306 e. The maximum absolute atomic E-state index is 4.63. The van der Waals surface area contributed by atoms with Gasteiger partial charge in [0.25, 0.3) is 0 Å². The van der Waals surface area contributed by atoms with Crippen LogP contribution in [-0.4, -0.2) is 35.6 Å². The Morgan fingerprint density at radius 3 is 2.43 bits per heavy atom. The van der Waals surface area contributed by atoms with Crippen LogP contribution in [0, 0.1) is 20.8 Å². The van der Waals surface area contributed by atoms with Crippen LogP contribution in [0.5, 0.6) is 0 Å². The Hall–Kier alpha value is -0.930. The summed E-state index contributed by atoms with van der Waals surface area (Å²) in [6.45, 7) is 14.7. The lowest BCUT2D eigenvalue weighted by Gasteiger charge is -2.31. The number of nitrogens with one attached hydrogen (secondary N) is 1. The molecule has 2 unspecified atom stereocenters. The highest BCUT2D eigenvalue weighted by atomic mass is 15.2. The molecule has 0 radical (unpaired) electrons. The van der Waals surface area contributed by atoms with E-state index in [0.29, 0.717) is 12.1 Å². The summed E-state index contributed by atoms with van der Waals surface area (Å²) in [5.74, 6) is 0. The summed E-state index contributed by atoms with van der Waals surface area (Å²) < 4.78 is 0. The molecule has 0 saturated carbocycles. The zero-order valence-corrected chi connectivity index (χ0v) is 14.4. The van der Waals surface area contributed by atoms with Gasteiger partial charge in [0.15, 0.2) is 0 Å². The van der Waals surface area contributed by atoms with Crippen LogP contribution in [-0.2, 0) is 0 Å². The van der Waals surface area contributed by atoms with Crippen molar-refractivity contribution in [2.24, 2.45) is 0 Å². The van der Waals surface area contributed by atoms with Gasteiger partial charge in [-0.15, -0.1) is 0 Å². The van der Waals surface area contributed by atoms with Gasteiger partial charge in [0, 0.05) is 30.0 Å². The van der Waals surface area contributed by atoms with Gasteiger partial charge in [-0.05, 0) is 77.7 Å². The lowest BCUT2D eigenvalue weighted by atomic mass is 9.99. The van der Waals surface area contributed by atoms with Gasteiger partial charge in [0.1, 0.15) is 0 Å². The summed E-state index contributed by atoms with van der Waals surface area (Å²) in [5.41, 5.74) is 5.00. The van der Waals surface area contributed by atoms with E-state index in [4.69, 9.17) is 0 Å². The average molecular weight is 289 g/mol. The number of aryl methyl sites for hydroxylation is 3. The zero-order chi connectivity index (χ0) is 15.4. The van der Waals surface area contributed by atoms with Crippen LogP contribution in [0.2, 0.25) is 0 Å². The van der Waals surface area contributed by atoms with Crippen LogP contribution < -0.4 is 5.32 Å². The highest BCUT2D eigenvalue weighted by molar-refractivity contribution is 5.33. The molecule has 2 atom stereocenters. The first-order chi connectivity index (χ1) is 9.97. The number of aromatic nitrogens is 1. The lowest BCUT2D eigenvalue weighted by molar-refractivity contribution is 0.205.